The molecule has 2 heterocycles. The summed E-state index contributed by atoms with van der Waals surface area (Å²) in [6.07, 6.45) is 8.52. The Morgan fingerprint density at radius 1 is 1.00 bits per heavy atom. The van der Waals surface area contributed by atoms with Crippen molar-refractivity contribution in [2.24, 2.45) is 0 Å². The van der Waals surface area contributed by atoms with E-state index in [1.165, 1.54) is 12.1 Å². The van der Waals surface area contributed by atoms with Gasteiger partial charge in [0.15, 0.2) is 0 Å². The molecule has 0 saturated heterocycles. The van der Waals surface area contributed by atoms with Crippen LogP contribution in [0.15, 0.2) is 78.2 Å². The lowest BCUT2D eigenvalue weighted by molar-refractivity contribution is -0.115. The van der Waals surface area contributed by atoms with Crippen LogP contribution in [0.4, 0.5) is 15.8 Å². The summed E-state index contributed by atoms with van der Waals surface area (Å²) in [6, 6.07) is 14.2. The molecule has 6 heteroatoms. The molecule has 1 N–H and O–H groups in total. The highest BCUT2D eigenvalue weighted by atomic mass is 32.2. The van der Waals surface area contributed by atoms with Crippen LogP contribution in [0.25, 0.3) is 0 Å². The number of fused-ring (bicyclic) bond motifs is 1. The summed E-state index contributed by atoms with van der Waals surface area (Å²) < 4.78 is 13.0. The van der Waals surface area contributed by atoms with Gasteiger partial charge in [-0.2, -0.15) is 0 Å². The fourth-order valence-electron chi connectivity index (χ4n) is 2.90. The van der Waals surface area contributed by atoms with Crippen LogP contribution in [0.3, 0.4) is 0 Å². The largest absolute Gasteiger partial charge is 0.351 e. The maximum Gasteiger partial charge on any atom is 0.237 e. The molecule has 0 bridgehead atoms. The first-order chi connectivity index (χ1) is 12.7. The van der Waals surface area contributed by atoms with Crippen LogP contribution in [-0.4, -0.2) is 22.6 Å². The van der Waals surface area contributed by atoms with Crippen LogP contribution in [0, 0.1) is 5.82 Å². The molecule has 0 saturated carbocycles. The average Bonchev–Trinajstić information content (AvgIpc) is 2.67. The molecule has 0 spiro atoms. The van der Waals surface area contributed by atoms with Crippen LogP contribution < -0.4 is 10.2 Å². The standard InChI is InChI=1S/C20H18FN3OS/c21-15-5-7-16(8-6-15)24-13-11-23(12-14-24)10-9-19-20(25)22-17-3-1-2-4-18(17)26-19/h1-8,11-14,19H,9-10H2,(H,22,25). The summed E-state index contributed by atoms with van der Waals surface area (Å²) in [6.45, 7) is 0.748. The lowest BCUT2D eigenvalue weighted by atomic mass is 10.2. The highest BCUT2D eigenvalue weighted by Gasteiger charge is 2.26. The lowest BCUT2D eigenvalue weighted by Gasteiger charge is -2.28. The number of halogens is 1. The van der Waals surface area contributed by atoms with Gasteiger partial charge < -0.3 is 15.1 Å². The van der Waals surface area contributed by atoms with Crippen molar-refractivity contribution in [1.82, 2.24) is 4.90 Å². The number of thioether (sulfide) groups is 1. The number of nitrogens with zero attached hydrogens (tertiary/aromatic N) is 2. The molecule has 2 aromatic rings. The number of anilines is 2. The third-order valence-electron chi connectivity index (χ3n) is 4.32. The van der Waals surface area contributed by atoms with Gasteiger partial charge in [-0.3, -0.25) is 4.79 Å². The Hall–Kier alpha value is -2.73. The Balaban J connectivity index is 1.34. The molecule has 4 nitrogen and oxygen atoms in total. The highest BCUT2D eigenvalue weighted by Crippen LogP contribution is 2.36. The van der Waals surface area contributed by atoms with E-state index < -0.39 is 0 Å². The van der Waals surface area contributed by atoms with E-state index in [-0.39, 0.29) is 17.0 Å². The number of hydrogen-bond acceptors (Lipinski definition) is 4. The number of nitrogens with one attached hydrogen (secondary N) is 1. The van der Waals surface area contributed by atoms with Crippen LogP contribution in [0.1, 0.15) is 6.42 Å². The number of benzene rings is 2. The first-order valence-corrected chi connectivity index (χ1v) is 9.30. The molecule has 0 radical (unpaired) electrons. The van der Waals surface area contributed by atoms with E-state index in [2.05, 4.69) is 5.32 Å². The highest BCUT2D eigenvalue weighted by molar-refractivity contribution is 8.01. The summed E-state index contributed by atoms with van der Waals surface area (Å²) in [7, 11) is 0. The quantitative estimate of drug-likeness (QED) is 0.869. The lowest BCUT2D eigenvalue weighted by Crippen LogP contribution is -2.32. The van der Waals surface area contributed by atoms with Gasteiger partial charge >= 0.3 is 0 Å². The molecular formula is C20H18FN3OS. The summed E-state index contributed by atoms with van der Waals surface area (Å²) in [4.78, 5) is 17.4. The minimum Gasteiger partial charge on any atom is -0.351 e. The Labute approximate surface area is 156 Å². The number of carbonyl (C=O) groups is 1. The molecule has 2 aliphatic heterocycles. The SMILES string of the molecule is O=C1Nc2ccccc2SC1CCN1C=CN(c2ccc(F)cc2)C=C1. The maximum atomic E-state index is 13.0. The van der Waals surface area contributed by atoms with Gasteiger partial charge in [0.05, 0.1) is 10.9 Å². The monoisotopic (exact) mass is 367 g/mol. The van der Waals surface area contributed by atoms with Crippen LogP contribution in [0.5, 0.6) is 0 Å². The molecule has 1 amide bonds. The van der Waals surface area contributed by atoms with Crippen molar-refractivity contribution in [3.05, 3.63) is 79.1 Å². The predicted molar refractivity (Wildman–Crippen MR) is 103 cm³/mol. The van der Waals surface area contributed by atoms with E-state index in [0.29, 0.717) is 0 Å². The average molecular weight is 367 g/mol. The predicted octanol–water partition coefficient (Wildman–Crippen LogP) is 4.39. The number of para-hydroxylation sites is 1. The smallest absolute Gasteiger partial charge is 0.237 e. The Bertz CT molecular complexity index is 852. The van der Waals surface area contributed by atoms with E-state index in [4.69, 9.17) is 0 Å². The van der Waals surface area contributed by atoms with Crippen molar-refractivity contribution in [3.8, 4) is 0 Å². The first-order valence-electron chi connectivity index (χ1n) is 8.42. The van der Waals surface area contributed by atoms with Gasteiger partial charge in [-0.15, -0.1) is 11.8 Å². The molecule has 1 unspecified atom stereocenters. The Morgan fingerprint density at radius 2 is 1.73 bits per heavy atom. The number of carbonyl (C=O) groups excluding carboxylic acids is 1. The summed E-state index contributed by atoms with van der Waals surface area (Å²) in [5.41, 5.74) is 1.80. The van der Waals surface area contributed by atoms with Gasteiger partial charge in [-0.05, 0) is 42.8 Å². The second kappa shape index (κ2) is 7.25. The number of rotatable bonds is 4. The molecule has 2 aromatic carbocycles. The first kappa shape index (κ1) is 16.7. The minimum absolute atomic E-state index is 0.0617. The van der Waals surface area contributed by atoms with Crippen molar-refractivity contribution in [1.29, 1.82) is 0 Å². The van der Waals surface area contributed by atoms with Gasteiger partial charge in [0.1, 0.15) is 5.82 Å². The van der Waals surface area contributed by atoms with Crippen LogP contribution in [-0.2, 0) is 4.79 Å². The van der Waals surface area contributed by atoms with Crippen molar-refractivity contribution >= 4 is 29.0 Å². The van der Waals surface area contributed by atoms with E-state index in [1.54, 1.807) is 23.9 Å². The maximum absolute atomic E-state index is 13.0. The summed E-state index contributed by atoms with van der Waals surface area (Å²) >= 11 is 1.62. The Morgan fingerprint density at radius 3 is 2.50 bits per heavy atom. The molecular weight excluding hydrogens is 349 g/mol. The molecule has 0 fully saturated rings. The zero-order chi connectivity index (χ0) is 17.9. The fourth-order valence-corrected chi connectivity index (χ4v) is 4.00. The van der Waals surface area contributed by atoms with Crippen molar-refractivity contribution in [2.75, 3.05) is 16.8 Å². The second-order valence-corrected chi connectivity index (χ2v) is 7.34. The molecule has 4 rings (SSSR count). The summed E-state index contributed by atoms with van der Waals surface area (Å²) in [5, 5.41) is 2.88. The van der Waals surface area contributed by atoms with Gasteiger partial charge in [0.2, 0.25) is 5.91 Å². The zero-order valence-electron chi connectivity index (χ0n) is 14.0. The van der Waals surface area contributed by atoms with Crippen LogP contribution in [0.2, 0.25) is 0 Å². The summed E-state index contributed by atoms with van der Waals surface area (Å²) in [5.74, 6) is -0.184. The van der Waals surface area contributed by atoms with Crippen molar-refractivity contribution < 1.29 is 9.18 Å². The molecule has 2 aliphatic rings. The van der Waals surface area contributed by atoms with E-state index in [1.807, 2.05) is 58.9 Å². The minimum atomic E-state index is -0.245. The molecule has 1 atom stereocenters. The van der Waals surface area contributed by atoms with E-state index in [0.717, 1.165) is 29.2 Å². The van der Waals surface area contributed by atoms with Gasteiger partial charge in [-0.1, -0.05) is 12.1 Å². The van der Waals surface area contributed by atoms with Gasteiger partial charge in [0.25, 0.3) is 0 Å². The zero-order valence-corrected chi connectivity index (χ0v) is 14.8. The van der Waals surface area contributed by atoms with E-state index >= 15 is 0 Å². The Kier molecular flexibility index (Phi) is 4.67. The second-order valence-electron chi connectivity index (χ2n) is 6.10. The number of amides is 1. The van der Waals surface area contributed by atoms with E-state index in [9.17, 15) is 9.18 Å². The van der Waals surface area contributed by atoms with Crippen molar-refractivity contribution in [2.45, 2.75) is 16.6 Å². The molecule has 26 heavy (non-hydrogen) atoms. The third-order valence-corrected chi connectivity index (χ3v) is 5.66. The number of hydrogen-bond donors (Lipinski definition) is 1. The topological polar surface area (TPSA) is 35.6 Å². The van der Waals surface area contributed by atoms with Crippen LogP contribution >= 0.6 is 11.8 Å². The molecule has 0 aliphatic carbocycles. The fraction of sp³-hybridized carbons (Fsp3) is 0.150. The van der Waals surface area contributed by atoms with Gasteiger partial charge in [-0.25, -0.2) is 4.39 Å². The molecule has 0 aromatic heterocycles. The third kappa shape index (κ3) is 3.60. The van der Waals surface area contributed by atoms with Gasteiger partial charge in [0, 0.05) is 41.9 Å². The normalized spacial score (nSPS) is 18.7. The van der Waals surface area contributed by atoms with Crippen molar-refractivity contribution in [3.63, 3.8) is 0 Å². The molecule has 132 valence electrons.